The van der Waals surface area contributed by atoms with Crippen LogP contribution >= 0.6 is 11.6 Å². The summed E-state index contributed by atoms with van der Waals surface area (Å²) >= 11 is 6.47. The first-order valence-electron chi connectivity index (χ1n) is 7.65. The number of nitrogens with one attached hydrogen (secondary N) is 1. The van der Waals surface area contributed by atoms with E-state index in [2.05, 4.69) is 40.7 Å². The molecule has 2 rings (SSSR count). The number of imidazole rings is 1. The quantitative estimate of drug-likeness (QED) is 0.763. The van der Waals surface area contributed by atoms with Gasteiger partial charge in [0.1, 0.15) is 5.82 Å². The first kappa shape index (κ1) is 16.0. The van der Waals surface area contributed by atoms with Gasteiger partial charge in [-0.2, -0.15) is 5.10 Å². The lowest BCUT2D eigenvalue weighted by atomic mass is 10.3. The van der Waals surface area contributed by atoms with Crippen molar-refractivity contribution >= 4 is 11.6 Å². The summed E-state index contributed by atoms with van der Waals surface area (Å²) in [5.74, 6) is 1.03. The van der Waals surface area contributed by atoms with E-state index in [-0.39, 0.29) is 0 Å². The largest absolute Gasteiger partial charge is 0.328 e. The van der Waals surface area contributed by atoms with Crippen molar-refractivity contribution in [2.75, 3.05) is 6.54 Å². The maximum atomic E-state index is 6.47. The van der Waals surface area contributed by atoms with Crippen LogP contribution in [0.3, 0.4) is 0 Å². The molecule has 1 N–H and O–H groups in total. The van der Waals surface area contributed by atoms with Crippen LogP contribution in [0.1, 0.15) is 44.4 Å². The van der Waals surface area contributed by atoms with Gasteiger partial charge in [-0.05, 0) is 26.3 Å². The van der Waals surface area contributed by atoms with Gasteiger partial charge in [-0.1, -0.05) is 25.4 Å². The average molecular weight is 310 g/mol. The Morgan fingerprint density at radius 3 is 2.76 bits per heavy atom. The van der Waals surface area contributed by atoms with E-state index < -0.39 is 0 Å². The van der Waals surface area contributed by atoms with Crippen molar-refractivity contribution in [2.24, 2.45) is 0 Å². The van der Waals surface area contributed by atoms with Gasteiger partial charge in [0.05, 0.1) is 29.5 Å². The summed E-state index contributed by atoms with van der Waals surface area (Å²) in [7, 11) is 0. The Hall–Kier alpha value is -1.33. The van der Waals surface area contributed by atoms with Crippen LogP contribution in [-0.4, -0.2) is 25.9 Å². The highest BCUT2D eigenvalue weighted by atomic mass is 35.5. The lowest BCUT2D eigenvalue weighted by Crippen LogP contribution is -2.18. The zero-order valence-electron chi connectivity index (χ0n) is 13.1. The fraction of sp³-hybridized carbons (Fsp3) is 0.600. The van der Waals surface area contributed by atoms with Gasteiger partial charge in [-0.25, -0.2) is 4.98 Å². The minimum absolute atomic E-state index is 0.711. The molecule has 0 aliphatic rings. The van der Waals surface area contributed by atoms with E-state index in [1.54, 1.807) is 0 Å². The Bertz CT molecular complexity index is 573. The molecule has 0 unspecified atom stereocenters. The summed E-state index contributed by atoms with van der Waals surface area (Å²) in [4.78, 5) is 4.42. The van der Waals surface area contributed by atoms with Crippen LogP contribution in [0, 0.1) is 0 Å². The molecule has 5 nitrogen and oxygen atoms in total. The normalized spacial score (nSPS) is 11.2. The zero-order valence-corrected chi connectivity index (χ0v) is 13.8. The van der Waals surface area contributed by atoms with Crippen LogP contribution in [0.25, 0.3) is 0 Å². The molecule has 0 atom stereocenters. The highest BCUT2D eigenvalue weighted by molar-refractivity contribution is 6.31. The van der Waals surface area contributed by atoms with Crippen molar-refractivity contribution in [2.45, 2.75) is 53.2 Å². The van der Waals surface area contributed by atoms with E-state index in [9.17, 15) is 0 Å². The van der Waals surface area contributed by atoms with E-state index in [0.29, 0.717) is 6.54 Å². The van der Waals surface area contributed by atoms with Gasteiger partial charge in [0.25, 0.3) is 0 Å². The van der Waals surface area contributed by atoms with E-state index >= 15 is 0 Å². The number of hydrogen-bond donors (Lipinski definition) is 1. The number of aryl methyl sites for hydroxylation is 2. The second kappa shape index (κ2) is 7.61. The molecule has 0 spiro atoms. The van der Waals surface area contributed by atoms with E-state index in [1.165, 1.54) is 0 Å². The number of rotatable bonds is 8. The van der Waals surface area contributed by atoms with Crippen LogP contribution in [0.2, 0.25) is 5.02 Å². The fourth-order valence-corrected chi connectivity index (χ4v) is 2.69. The molecule has 2 heterocycles. The summed E-state index contributed by atoms with van der Waals surface area (Å²) in [6.45, 7) is 9.64. The third-order valence-electron chi connectivity index (χ3n) is 3.53. The van der Waals surface area contributed by atoms with Crippen molar-refractivity contribution in [1.29, 1.82) is 0 Å². The van der Waals surface area contributed by atoms with Gasteiger partial charge in [-0.15, -0.1) is 0 Å². The van der Waals surface area contributed by atoms with E-state index in [1.807, 2.05) is 17.1 Å². The Labute approximate surface area is 131 Å². The second-order valence-electron chi connectivity index (χ2n) is 5.02. The molecule has 2 aromatic rings. The maximum absolute atomic E-state index is 6.47. The van der Waals surface area contributed by atoms with Crippen LogP contribution in [-0.2, 0) is 26.1 Å². The number of halogens is 1. The third kappa shape index (κ3) is 3.66. The predicted molar refractivity (Wildman–Crippen MR) is 85.6 cm³/mol. The van der Waals surface area contributed by atoms with Gasteiger partial charge in [0.2, 0.25) is 0 Å². The first-order chi connectivity index (χ1) is 10.2. The Morgan fingerprint density at radius 2 is 2.10 bits per heavy atom. The van der Waals surface area contributed by atoms with Crippen molar-refractivity contribution < 1.29 is 0 Å². The smallest absolute Gasteiger partial charge is 0.123 e. The highest BCUT2D eigenvalue weighted by Crippen LogP contribution is 2.22. The van der Waals surface area contributed by atoms with Gasteiger partial charge >= 0.3 is 0 Å². The highest BCUT2D eigenvalue weighted by Gasteiger charge is 2.15. The molecule has 0 bridgehead atoms. The topological polar surface area (TPSA) is 47.7 Å². The summed E-state index contributed by atoms with van der Waals surface area (Å²) in [5.41, 5.74) is 2.03. The number of aromatic nitrogens is 4. The number of hydrogen-bond acceptors (Lipinski definition) is 3. The zero-order chi connectivity index (χ0) is 15.2. The molecule has 0 saturated carbocycles. The van der Waals surface area contributed by atoms with Gasteiger partial charge in [0.15, 0.2) is 0 Å². The Morgan fingerprint density at radius 1 is 1.29 bits per heavy atom. The van der Waals surface area contributed by atoms with Crippen molar-refractivity contribution in [3.63, 3.8) is 0 Å². The van der Waals surface area contributed by atoms with Crippen LogP contribution in [0.15, 0.2) is 12.4 Å². The van der Waals surface area contributed by atoms with Gasteiger partial charge in [-0.3, -0.25) is 4.68 Å². The van der Waals surface area contributed by atoms with Crippen LogP contribution in [0.4, 0.5) is 0 Å². The standard InChI is InChI=1S/C15H24ClN5/c1-4-7-17-10-14-18-8-9-20(14)11-13-15(16)12(5-2)19-21(13)6-3/h8-9,17H,4-7,10-11H2,1-3H3. The molecule has 2 aromatic heterocycles. The van der Waals surface area contributed by atoms with E-state index in [4.69, 9.17) is 11.6 Å². The Kier molecular flexibility index (Phi) is 5.82. The number of nitrogens with zero attached hydrogens (tertiary/aromatic N) is 4. The van der Waals surface area contributed by atoms with Gasteiger partial charge in [0, 0.05) is 18.9 Å². The summed E-state index contributed by atoms with van der Waals surface area (Å²) in [6, 6.07) is 0. The molecule has 0 fully saturated rings. The molecule has 21 heavy (non-hydrogen) atoms. The summed E-state index contributed by atoms with van der Waals surface area (Å²) in [5, 5.41) is 8.74. The third-order valence-corrected chi connectivity index (χ3v) is 3.96. The average Bonchev–Trinajstić information content (AvgIpc) is 3.05. The van der Waals surface area contributed by atoms with Crippen LogP contribution in [0.5, 0.6) is 0 Å². The lowest BCUT2D eigenvalue weighted by Gasteiger charge is -2.10. The SMILES string of the molecule is CCCNCc1nccn1Cc1c(Cl)c(CC)nn1CC. The van der Waals surface area contributed by atoms with E-state index in [0.717, 1.165) is 54.7 Å². The molecule has 6 heteroatoms. The Balaban J connectivity index is 2.18. The second-order valence-corrected chi connectivity index (χ2v) is 5.40. The van der Waals surface area contributed by atoms with Gasteiger partial charge < -0.3 is 9.88 Å². The first-order valence-corrected chi connectivity index (χ1v) is 8.03. The molecular formula is C15H24ClN5. The molecule has 0 saturated heterocycles. The molecule has 116 valence electrons. The minimum Gasteiger partial charge on any atom is -0.328 e. The monoisotopic (exact) mass is 309 g/mol. The molecule has 0 radical (unpaired) electrons. The van der Waals surface area contributed by atoms with Crippen molar-refractivity contribution in [1.82, 2.24) is 24.6 Å². The molecule has 0 amide bonds. The fourth-order valence-electron chi connectivity index (χ4n) is 2.36. The summed E-state index contributed by atoms with van der Waals surface area (Å²) in [6.07, 6.45) is 5.81. The molecule has 0 aromatic carbocycles. The molecule has 0 aliphatic heterocycles. The maximum Gasteiger partial charge on any atom is 0.123 e. The molecule has 0 aliphatic carbocycles. The van der Waals surface area contributed by atoms with Crippen molar-refractivity contribution in [3.05, 3.63) is 34.6 Å². The van der Waals surface area contributed by atoms with Crippen LogP contribution < -0.4 is 5.32 Å². The summed E-state index contributed by atoms with van der Waals surface area (Å²) < 4.78 is 4.13. The minimum atomic E-state index is 0.711. The van der Waals surface area contributed by atoms with Crippen molar-refractivity contribution in [3.8, 4) is 0 Å². The lowest BCUT2D eigenvalue weighted by molar-refractivity contribution is 0.571. The molecular weight excluding hydrogens is 286 g/mol. The predicted octanol–water partition coefficient (Wildman–Crippen LogP) is 2.86.